The SMILES string of the molecule is CC1CCN(C(=O)c2ccccc2NC(=O)C2CC23CCNCC3)CC1. The Hall–Kier alpha value is -1.88. The zero-order valence-electron chi connectivity index (χ0n) is 15.6. The molecule has 2 aliphatic heterocycles. The van der Waals surface area contributed by atoms with Crippen LogP contribution in [0.3, 0.4) is 0 Å². The van der Waals surface area contributed by atoms with Crippen molar-refractivity contribution in [3.8, 4) is 0 Å². The lowest BCUT2D eigenvalue weighted by Gasteiger charge is -2.31. The molecule has 5 heteroatoms. The third kappa shape index (κ3) is 3.37. The van der Waals surface area contributed by atoms with E-state index in [0.717, 1.165) is 58.3 Å². The maximum absolute atomic E-state index is 13.0. The molecule has 2 saturated heterocycles. The fraction of sp³-hybridized carbons (Fsp3) is 0.619. The molecule has 2 N–H and O–H groups in total. The molecule has 4 rings (SSSR count). The van der Waals surface area contributed by atoms with Gasteiger partial charge in [-0.3, -0.25) is 9.59 Å². The molecule has 1 aromatic rings. The normalized spacial score (nSPS) is 25.1. The molecule has 1 spiro atoms. The lowest BCUT2D eigenvalue weighted by Crippen LogP contribution is -2.38. The number of benzene rings is 1. The first-order valence-corrected chi connectivity index (χ1v) is 9.99. The predicted molar refractivity (Wildman–Crippen MR) is 102 cm³/mol. The number of hydrogen-bond acceptors (Lipinski definition) is 3. The Kier molecular flexibility index (Phi) is 4.74. The zero-order chi connectivity index (χ0) is 18.1. The maximum Gasteiger partial charge on any atom is 0.255 e. The number of rotatable bonds is 3. The molecular weight excluding hydrogens is 326 g/mol. The summed E-state index contributed by atoms with van der Waals surface area (Å²) in [4.78, 5) is 27.7. The van der Waals surface area contributed by atoms with E-state index >= 15 is 0 Å². The smallest absolute Gasteiger partial charge is 0.255 e. The Morgan fingerprint density at radius 1 is 1.15 bits per heavy atom. The van der Waals surface area contributed by atoms with Crippen molar-refractivity contribution >= 4 is 17.5 Å². The minimum Gasteiger partial charge on any atom is -0.339 e. The summed E-state index contributed by atoms with van der Waals surface area (Å²) in [6.45, 7) is 5.86. The van der Waals surface area contributed by atoms with Crippen molar-refractivity contribution in [2.75, 3.05) is 31.5 Å². The molecule has 2 amide bonds. The summed E-state index contributed by atoms with van der Waals surface area (Å²) in [5.41, 5.74) is 1.49. The minimum atomic E-state index is 0.0418. The van der Waals surface area contributed by atoms with E-state index in [9.17, 15) is 9.59 Å². The lowest BCUT2D eigenvalue weighted by atomic mass is 9.91. The summed E-state index contributed by atoms with van der Waals surface area (Å²) in [5.74, 6) is 0.910. The van der Waals surface area contributed by atoms with Crippen molar-refractivity contribution in [3.05, 3.63) is 29.8 Å². The van der Waals surface area contributed by atoms with E-state index in [4.69, 9.17) is 0 Å². The molecule has 140 valence electrons. The molecule has 1 saturated carbocycles. The fourth-order valence-electron chi connectivity index (χ4n) is 4.58. The van der Waals surface area contributed by atoms with Crippen molar-refractivity contribution in [1.82, 2.24) is 10.2 Å². The molecule has 26 heavy (non-hydrogen) atoms. The summed E-state index contributed by atoms with van der Waals surface area (Å²) in [7, 11) is 0. The quantitative estimate of drug-likeness (QED) is 0.876. The number of amides is 2. The molecule has 1 unspecified atom stereocenters. The van der Waals surface area contributed by atoms with E-state index in [0.29, 0.717) is 17.2 Å². The van der Waals surface area contributed by atoms with E-state index in [1.54, 1.807) is 0 Å². The van der Waals surface area contributed by atoms with Crippen LogP contribution in [0, 0.1) is 17.3 Å². The highest BCUT2D eigenvalue weighted by Crippen LogP contribution is 2.58. The van der Waals surface area contributed by atoms with Crippen LogP contribution in [0.4, 0.5) is 5.69 Å². The first-order valence-electron chi connectivity index (χ1n) is 9.99. The largest absolute Gasteiger partial charge is 0.339 e. The number of para-hydroxylation sites is 1. The van der Waals surface area contributed by atoms with E-state index in [1.807, 2.05) is 29.2 Å². The molecule has 0 aromatic heterocycles. The number of hydrogen-bond donors (Lipinski definition) is 2. The van der Waals surface area contributed by atoms with Crippen LogP contribution in [-0.2, 0) is 4.79 Å². The van der Waals surface area contributed by atoms with Crippen LogP contribution in [0.5, 0.6) is 0 Å². The molecule has 1 aliphatic carbocycles. The predicted octanol–water partition coefficient (Wildman–Crippen LogP) is 2.89. The van der Waals surface area contributed by atoms with Crippen LogP contribution in [0.25, 0.3) is 0 Å². The molecule has 3 aliphatic rings. The van der Waals surface area contributed by atoms with Crippen molar-refractivity contribution in [2.45, 2.75) is 39.0 Å². The van der Waals surface area contributed by atoms with Gasteiger partial charge in [-0.15, -0.1) is 0 Å². The van der Waals surface area contributed by atoms with Crippen molar-refractivity contribution < 1.29 is 9.59 Å². The van der Waals surface area contributed by atoms with Crippen molar-refractivity contribution in [3.63, 3.8) is 0 Å². The van der Waals surface area contributed by atoms with Crippen LogP contribution in [0.15, 0.2) is 24.3 Å². The van der Waals surface area contributed by atoms with Gasteiger partial charge in [-0.2, -0.15) is 0 Å². The van der Waals surface area contributed by atoms with E-state index < -0.39 is 0 Å². The van der Waals surface area contributed by atoms with Crippen molar-refractivity contribution in [2.24, 2.45) is 17.3 Å². The number of likely N-dealkylation sites (tertiary alicyclic amines) is 1. The van der Waals surface area contributed by atoms with Crippen LogP contribution in [0.1, 0.15) is 49.4 Å². The van der Waals surface area contributed by atoms with Crippen LogP contribution >= 0.6 is 0 Å². The molecule has 0 radical (unpaired) electrons. The maximum atomic E-state index is 13.0. The van der Waals surface area contributed by atoms with E-state index in [-0.39, 0.29) is 23.1 Å². The number of nitrogens with one attached hydrogen (secondary N) is 2. The van der Waals surface area contributed by atoms with Gasteiger partial charge in [0.2, 0.25) is 5.91 Å². The number of piperidine rings is 2. The van der Waals surface area contributed by atoms with Gasteiger partial charge in [0.05, 0.1) is 11.3 Å². The third-order valence-corrected chi connectivity index (χ3v) is 6.59. The highest BCUT2D eigenvalue weighted by molar-refractivity contribution is 6.04. The first-order chi connectivity index (χ1) is 12.6. The number of carbonyl (C=O) groups is 2. The van der Waals surface area contributed by atoms with Crippen LogP contribution < -0.4 is 10.6 Å². The summed E-state index contributed by atoms with van der Waals surface area (Å²) in [6, 6.07) is 7.46. The molecule has 3 fully saturated rings. The van der Waals surface area contributed by atoms with Gasteiger partial charge in [-0.05, 0) is 68.7 Å². The third-order valence-electron chi connectivity index (χ3n) is 6.59. The second-order valence-corrected chi connectivity index (χ2v) is 8.38. The number of carbonyl (C=O) groups excluding carboxylic acids is 2. The summed E-state index contributed by atoms with van der Waals surface area (Å²) < 4.78 is 0. The second-order valence-electron chi connectivity index (χ2n) is 8.38. The Labute approximate surface area is 155 Å². The van der Waals surface area contributed by atoms with Gasteiger partial charge < -0.3 is 15.5 Å². The van der Waals surface area contributed by atoms with Crippen LogP contribution in [0.2, 0.25) is 0 Å². The Bertz CT molecular complexity index is 688. The molecule has 5 nitrogen and oxygen atoms in total. The van der Waals surface area contributed by atoms with Gasteiger partial charge >= 0.3 is 0 Å². The highest BCUT2D eigenvalue weighted by Gasteiger charge is 2.57. The summed E-state index contributed by atoms with van der Waals surface area (Å²) >= 11 is 0. The Morgan fingerprint density at radius 3 is 2.58 bits per heavy atom. The van der Waals surface area contributed by atoms with Gasteiger partial charge in [0, 0.05) is 19.0 Å². The zero-order valence-corrected chi connectivity index (χ0v) is 15.6. The van der Waals surface area contributed by atoms with Gasteiger partial charge in [-0.25, -0.2) is 0 Å². The Morgan fingerprint density at radius 2 is 1.85 bits per heavy atom. The van der Waals surface area contributed by atoms with Gasteiger partial charge in [0.1, 0.15) is 0 Å². The van der Waals surface area contributed by atoms with Gasteiger partial charge in [0.25, 0.3) is 5.91 Å². The van der Waals surface area contributed by atoms with Gasteiger partial charge in [-0.1, -0.05) is 19.1 Å². The second kappa shape index (κ2) is 7.03. The van der Waals surface area contributed by atoms with Crippen LogP contribution in [-0.4, -0.2) is 42.9 Å². The summed E-state index contributed by atoms with van der Waals surface area (Å²) in [6.07, 6.45) is 5.26. The fourth-order valence-corrected chi connectivity index (χ4v) is 4.58. The number of anilines is 1. The highest BCUT2D eigenvalue weighted by atomic mass is 16.2. The average molecular weight is 355 g/mol. The molecule has 2 heterocycles. The molecular formula is C21H29N3O2. The van der Waals surface area contributed by atoms with E-state index in [2.05, 4.69) is 17.6 Å². The number of nitrogens with zero attached hydrogens (tertiary/aromatic N) is 1. The standard InChI is InChI=1S/C21H29N3O2/c1-15-6-12-24(13-7-15)20(26)16-4-2-3-5-18(16)23-19(25)17-14-21(17)8-10-22-11-9-21/h2-5,15,17,22H,6-14H2,1H3,(H,23,25). The minimum absolute atomic E-state index is 0.0418. The monoisotopic (exact) mass is 355 g/mol. The van der Waals surface area contributed by atoms with E-state index in [1.165, 1.54) is 0 Å². The molecule has 1 atom stereocenters. The van der Waals surface area contributed by atoms with Gasteiger partial charge in [0.15, 0.2) is 0 Å². The Balaban J connectivity index is 1.44. The summed E-state index contributed by atoms with van der Waals surface area (Å²) in [5, 5.41) is 6.44. The lowest BCUT2D eigenvalue weighted by molar-refractivity contribution is -0.118. The first kappa shape index (κ1) is 17.5. The van der Waals surface area contributed by atoms with Crippen molar-refractivity contribution in [1.29, 1.82) is 0 Å². The average Bonchev–Trinajstić information content (AvgIpc) is 3.36. The molecule has 0 bridgehead atoms. The topological polar surface area (TPSA) is 61.4 Å². The molecule has 1 aromatic carbocycles.